The van der Waals surface area contributed by atoms with Gasteiger partial charge in [0.2, 0.25) is 5.89 Å². The van der Waals surface area contributed by atoms with Crippen LogP contribution < -0.4 is 10.5 Å². The van der Waals surface area contributed by atoms with Crippen LogP contribution in [0.2, 0.25) is 0 Å². The van der Waals surface area contributed by atoms with E-state index in [1.807, 2.05) is 18.2 Å². The van der Waals surface area contributed by atoms with Crippen LogP contribution in [0.5, 0.6) is 5.75 Å². The van der Waals surface area contributed by atoms with Gasteiger partial charge in [0, 0.05) is 6.07 Å². The highest BCUT2D eigenvalue weighted by molar-refractivity contribution is 5.74. The van der Waals surface area contributed by atoms with Crippen molar-refractivity contribution in [3.05, 3.63) is 24.1 Å². The molecule has 0 saturated carbocycles. The van der Waals surface area contributed by atoms with Crippen molar-refractivity contribution < 1.29 is 9.15 Å². The van der Waals surface area contributed by atoms with Gasteiger partial charge in [0.25, 0.3) is 0 Å². The fourth-order valence-corrected chi connectivity index (χ4v) is 1.76. The molecule has 92 valence electrons. The zero-order chi connectivity index (χ0) is 12.3. The van der Waals surface area contributed by atoms with E-state index in [4.69, 9.17) is 14.9 Å². The Morgan fingerprint density at radius 1 is 1.47 bits per heavy atom. The van der Waals surface area contributed by atoms with E-state index < -0.39 is 0 Å². The molecule has 0 radical (unpaired) electrons. The van der Waals surface area contributed by atoms with Crippen LogP contribution in [0.15, 0.2) is 22.6 Å². The highest BCUT2D eigenvalue weighted by Crippen LogP contribution is 2.25. The Kier molecular flexibility index (Phi) is 3.64. The molecule has 4 nitrogen and oxygen atoms in total. The van der Waals surface area contributed by atoms with Crippen molar-refractivity contribution in [2.45, 2.75) is 32.2 Å². The van der Waals surface area contributed by atoms with Gasteiger partial charge in [0.15, 0.2) is 5.58 Å². The van der Waals surface area contributed by atoms with Crippen LogP contribution in [-0.4, -0.2) is 12.1 Å². The van der Waals surface area contributed by atoms with E-state index in [0.717, 1.165) is 36.1 Å². The molecule has 1 aromatic heterocycles. The third-order valence-corrected chi connectivity index (χ3v) is 2.80. The number of nitrogens with two attached hydrogens (primary N) is 1. The fraction of sp³-hybridized carbons (Fsp3) is 0.462. The number of fused-ring (bicyclic) bond motifs is 1. The second-order valence-electron chi connectivity index (χ2n) is 4.13. The quantitative estimate of drug-likeness (QED) is 0.863. The summed E-state index contributed by atoms with van der Waals surface area (Å²) in [5.41, 5.74) is 7.58. The normalized spacial score (nSPS) is 12.9. The van der Waals surface area contributed by atoms with Gasteiger partial charge in [0.05, 0.1) is 13.2 Å². The summed E-state index contributed by atoms with van der Waals surface area (Å²) in [4.78, 5) is 4.39. The van der Waals surface area contributed by atoms with E-state index in [0.29, 0.717) is 5.89 Å². The van der Waals surface area contributed by atoms with Crippen LogP contribution in [0.25, 0.3) is 11.1 Å². The molecule has 0 aliphatic rings. The van der Waals surface area contributed by atoms with Crippen LogP contribution in [0.4, 0.5) is 0 Å². The molecule has 0 aliphatic heterocycles. The third-order valence-electron chi connectivity index (χ3n) is 2.80. The SMILES string of the molecule is CCCCC(N)c1nc2ccc(OC)cc2o1. The van der Waals surface area contributed by atoms with Gasteiger partial charge >= 0.3 is 0 Å². The van der Waals surface area contributed by atoms with E-state index >= 15 is 0 Å². The number of aromatic nitrogens is 1. The molecule has 17 heavy (non-hydrogen) atoms. The second-order valence-corrected chi connectivity index (χ2v) is 4.13. The summed E-state index contributed by atoms with van der Waals surface area (Å²) in [7, 11) is 1.63. The number of hydrogen-bond donors (Lipinski definition) is 1. The third kappa shape index (κ3) is 2.58. The summed E-state index contributed by atoms with van der Waals surface area (Å²) in [5, 5.41) is 0. The monoisotopic (exact) mass is 234 g/mol. The first kappa shape index (κ1) is 11.9. The van der Waals surface area contributed by atoms with Crippen molar-refractivity contribution in [3.8, 4) is 5.75 Å². The molecule has 1 aromatic carbocycles. The molecule has 0 fully saturated rings. The predicted octanol–water partition coefficient (Wildman–Crippen LogP) is 3.03. The Labute approximate surface area is 101 Å². The molecule has 0 spiro atoms. The maximum absolute atomic E-state index is 6.03. The summed E-state index contributed by atoms with van der Waals surface area (Å²) < 4.78 is 10.8. The highest BCUT2D eigenvalue weighted by atomic mass is 16.5. The molecule has 1 unspecified atom stereocenters. The van der Waals surface area contributed by atoms with Gasteiger partial charge in [-0.3, -0.25) is 0 Å². The van der Waals surface area contributed by atoms with Gasteiger partial charge in [-0.15, -0.1) is 0 Å². The number of rotatable bonds is 5. The molecule has 0 amide bonds. The summed E-state index contributed by atoms with van der Waals surface area (Å²) in [6.45, 7) is 2.14. The lowest BCUT2D eigenvalue weighted by atomic mass is 10.1. The maximum Gasteiger partial charge on any atom is 0.212 e. The largest absolute Gasteiger partial charge is 0.497 e. The van der Waals surface area contributed by atoms with E-state index in [1.54, 1.807) is 7.11 Å². The molecule has 0 aliphatic carbocycles. The summed E-state index contributed by atoms with van der Waals surface area (Å²) in [5.74, 6) is 1.38. The lowest BCUT2D eigenvalue weighted by Crippen LogP contribution is -2.10. The van der Waals surface area contributed by atoms with Gasteiger partial charge in [-0.25, -0.2) is 4.98 Å². The second kappa shape index (κ2) is 5.19. The zero-order valence-electron chi connectivity index (χ0n) is 10.3. The van der Waals surface area contributed by atoms with E-state index in [9.17, 15) is 0 Å². The van der Waals surface area contributed by atoms with Gasteiger partial charge in [-0.05, 0) is 18.6 Å². The van der Waals surface area contributed by atoms with Gasteiger partial charge < -0.3 is 14.9 Å². The van der Waals surface area contributed by atoms with Crippen molar-refractivity contribution in [2.75, 3.05) is 7.11 Å². The topological polar surface area (TPSA) is 61.3 Å². The number of benzene rings is 1. The zero-order valence-corrected chi connectivity index (χ0v) is 10.3. The Morgan fingerprint density at radius 2 is 2.29 bits per heavy atom. The molecule has 0 bridgehead atoms. The van der Waals surface area contributed by atoms with Crippen LogP contribution in [0, 0.1) is 0 Å². The van der Waals surface area contributed by atoms with Crippen molar-refractivity contribution in [3.63, 3.8) is 0 Å². The van der Waals surface area contributed by atoms with Gasteiger partial charge in [0.1, 0.15) is 11.3 Å². The Hall–Kier alpha value is -1.55. The molecule has 2 aromatic rings. The van der Waals surface area contributed by atoms with Crippen molar-refractivity contribution >= 4 is 11.1 Å². The Balaban J connectivity index is 2.24. The average molecular weight is 234 g/mol. The Bertz CT molecular complexity index is 493. The summed E-state index contributed by atoms with van der Waals surface area (Å²) in [6.07, 6.45) is 3.12. The lowest BCUT2D eigenvalue weighted by molar-refractivity contribution is 0.413. The molecule has 2 rings (SSSR count). The molecule has 0 saturated heterocycles. The van der Waals surface area contributed by atoms with Gasteiger partial charge in [-0.2, -0.15) is 0 Å². The molecule has 4 heteroatoms. The fourth-order valence-electron chi connectivity index (χ4n) is 1.76. The minimum atomic E-state index is -0.117. The number of nitrogens with zero attached hydrogens (tertiary/aromatic N) is 1. The molecular weight excluding hydrogens is 216 g/mol. The van der Waals surface area contributed by atoms with E-state index in [-0.39, 0.29) is 6.04 Å². The molecule has 1 heterocycles. The predicted molar refractivity (Wildman–Crippen MR) is 67.0 cm³/mol. The number of oxazole rings is 1. The van der Waals surface area contributed by atoms with Crippen LogP contribution in [-0.2, 0) is 0 Å². The lowest BCUT2D eigenvalue weighted by Gasteiger charge is -2.04. The number of hydrogen-bond acceptors (Lipinski definition) is 4. The van der Waals surface area contributed by atoms with Crippen LogP contribution in [0.3, 0.4) is 0 Å². The summed E-state index contributed by atoms with van der Waals surface area (Å²) in [6, 6.07) is 5.46. The number of methoxy groups -OCH3 is 1. The standard InChI is InChI=1S/C13H18N2O2/c1-3-4-5-10(14)13-15-11-7-6-9(16-2)8-12(11)17-13/h6-8,10H,3-5,14H2,1-2H3. The van der Waals surface area contributed by atoms with Gasteiger partial charge in [-0.1, -0.05) is 19.8 Å². The van der Waals surface area contributed by atoms with E-state index in [2.05, 4.69) is 11.9 Å². The smallest absolute Gasteiger partial charge is 0.212 e. The first-order chi connectivity index (χ1) is 8.24. The van der Waals surface area contributed by atoms with Crippen molar-refractivity contribution in [1.82, 2.24) is 4.98 Å². The molecular formula is C13H18N2O2. The van der Waals surface area contributed by atoms with Crippen molar-refractivity contribution in [1.29, 1.82) is 0 Å². The minimum Gasteiger partial charge on any atom is -0.497 e. The first-order valence-corrected chi connectivity index (χ1v) is 5.94. The number of ether oxygens (including phenoxy) is 1. The maximum atomic E-state index is 6.03. The Morgan fingerprint density at radius 3 is 3.00 bits per heavy atom. The van der Waals surface area contributed by atoms with E-state index in [1.165, 1.54) is 0 Å². The average Bonchev–Trinajstić information content (AvgIpc) is 2.78. The first-order valence-electron chi connectivity index (χ1n) is 5.94. The van der Waals surface area contributed by atoms with Crippen molar-refractivity contribution in [2.24, 2.45) is 5.73 Å². The minimum absolute atomic E-state index is 0.117. The highest BCUT2D eigenvalue weighted by Gasteiger charge is 2.13. The molecule has 2 N–H and O–H groups in total. The van der Waals surface area contributed by atoms with Crippen LogP contribution in [0.1, 0.15) is 38.1 Å². The number of unbranched alkanes of at least 4 members (excludes halogenated alkanes) is 1. The molecule has 1 atom stereocenters. The summed E-state index contributed by atoms with van der Waals surface area (Å²) >= 11 is 0. The van der Waals surface area contributed by atoms with Crippen LogP contribution >= 0.6 is 0 Å².